The molecule has 1 unspecified atom stereocenters. The quantitative estimate of drug-likeness (QED) is 0.857. The van der Waals surface area contributed by atoms with E-state index >= 15 is 0 Å². The number of nitrogens with zero attached hydrogens (tertiary/aromatic N) is 1. The standard InChI is InChI=1S/C15H16ClNO4S/c1-20-14-5-4-12(16)9-15(14)22(18,19)17-7-6-11(10-17)13-3-2-8-21-13/h2-5,8-9,11H,6-7,10H2,1H3. The van der Waals surface area contributed by atoms with Crippen LogP contribution in [0.25, 0.3) is 0 Å². The largest absolute Gasteiger partial charge is 0.495 e. The molecule has 0 spiro atoms. The maximum atomic E-state index is 12.8. The molecule has 1 saturated heterocycles. The fraction of sp³-hybridized carbons (Fsp3) is 0.333. The van der Waals surface area contributed by atoms with Crippen molar-refractivity contribution in [3.8, 4) is 5.75 Å². The molecule has 1 aliphatic rings. The van der Waals surface area contributed by atoms with E-state index in [0.717, 1.165) is 12.2 Å². The number of hydrogen-bond donors (Lipinski definition) is 0. The first-order valence-corrected chi connectivity index (χ1v) is 8.71. The lowest BCUT2D eigenvalue weighted by Crippen LogP contribution is -2.29. The average Bonchev–Trinajstić information content (AvgIpc) is 3.18. The van der Waals surface area contributed by atoms with Crippen LogP contribution in [-0.2, 0) is 10.0 Å². The van der Waals surface area contributed by atoms with Gasteiger partial charge in [0, 0.05) is 24.0 Å². The fourth-order valence-corrected chi connectivity index (χ4v) is 4.61. The molecule has 22 heavy (non-hydrogen) atoms. The first kappa shape index (κ1) is 15.4. The van der Waals surface area contributed by atoms with Gasteiger partial charge in [-0.25, -0.2) is 8.42 Å². The number of ether oxygens (including phenoxy) is 1. The SMILES string of the molecule is COc1ccc(Cl)cc1S(=O)(=O)N1CCC(c2ccco2)C1. The van der Waals surface area contributed by atoms with E-state index in [4.69, 9.17) is 20.8 Å². The normalized spacial score (nSPS) is 19.5. The van der Waals surface area contributed by atoms with E-state index in [0.29, 0.717) is 23.9 Å². The highest BCUT2D eigenvalue weighted by Crippen LogP contribution is 2.35. The van der Waals surface area contributed by atoms with Gasteiger partial charge in [0.15, 0.2) is 0 Å². The van der Waals surface area contributed by atoms with Crippen LogP contribution in [0, 0.1) is 0 Å². The Labute approximate surface area is 134 Å². The lowest BCUT2D eigenvalue weighted by Gasteiger charge is -2.18. The van der Waals surface area contributed by atoms with Crippen LogP contribution >= 0.6 is 11.6 Å². The van der Waals surface area contributed by atoms with Crippen LogP contribution < -0.4 is 4.74 Å². The number of methoxy groups -OCH3 is 1. The Morgan fingerprint density at radius 3 is 2.86 bits per heavy atom. The summed E-state index contributed by atoms with van der Waals surface area (Å²) in [5.74, 6) is 1.19. The van der Waals surface area contributed by atoms with E-state index in [1.54, 1.807) is 18.4 Å². The van der Waals surface area contributed by atoms with Gasteiger partial charge in [-0.1, -0.05) is 11.6 Å². The van der Waals surface area contributed by atoms with Crippen LogP contribution in [0.2, 0.25) is 5.02 Å². The predicted molar refractivity (Wildman–Crippen MR) is 82.8 cm³/mol. The first-order chi connectivity index (χ1) is 10.5. The Kier molecular flexibility index (Phi) is 4.16. The van der Waals surface area contributed by atoms with Gasteiger partial charge in [0.2, 0.25) is 10.0 Å². The highest BCUT2D eigenvalue weighted by Gasteiger charge is 2.35. The molecule has 0 N–H and O–H groups in total. The number of furan rings is 1. The van der Waals surface area contributed by atoms with Crippen molar-refractivity contribution >= 4 is 21.6 Å². The van der Waals surface area contributed by atoms with Gasteiger partial charge in [-0.05, 0) is 36.8 Å². The molecule has 0 amide bonds. The van der Waals surface area contributed by atoms with Crippen molar-refractivity contribution in [2.24, 2.45) is 0 Å². The summed E-state index contributed by atoms with van der Waals surface area (Å²) in [5, 5.41) is 0.362. The third kappa shape index (κ3) is 2.74. The molecule has 0 radical (unpaired) electrons. The van der Waals surface area contributed by atoms with E-state index in [1.807, 2.05) is 12.1 Å². The Hall–Kier alpha value is -1.50. The second kappa shape index (κ2) is 5.95. The van der Waals surface area contributed by atoms with Gasteiger partial charge in [0.05, 0.1) is 13.4 Å². The first-order valence-electron chi connectivity index (χ1n) is 6.89. The predicted octanol–water partition coefficient (Wildman–Crippen LogP) is 3.12. The Morgan fingerprint density at radius 1 is 1.36 bits per heavy atom. The minimum Gasteiger partial charge on any atom is -0.495 e. The van der Waals surface area contributed by atoms with E-state index in [2.05, 4.69) is 0 Å². The molecule has 0 saturated carbocycles. The molecular weight excluding hydrogens is 326 g/mol. The summed E-state index contributed by atoms with van der Waals surface area (Å²) in [7, 11) is -2.20. The van der Waals surface area contributed by atoms with Crippen molar-refractivity contribution in [1.82, 2.24) is 4.31 Å². The van der Waals surface area contributed by atoms with Crippen molar-refractivity contribution in [3.05, 3.63) is 47.4 Å². The Bertz CT molecular complexity index is 758. The van der Waals surface area contributed by atoms with Crippen LogP contribution in [0.1, 0.15) is 18.1 Å². The third-order valence-corrected chi connectivity index (χ3v) is 5.96. The van der Waals surface area contributed by atoms with E-state index < -0.39 is 10.0 Å². The Balaban J connectivity index is 1.90. The minimum absolute atomic E-state index is 0.0787. The zero-order valence-corrected chi connectivity index (χ0v) is 13.6. The number of rotatable bonds is 4. The molecule has 5 nitrogen and oxygen atoms in total. The van der Waals surface area contributed by atoms with E-state index in [9.17, 15) is 8.42 Å². The van der Waals surface area contributed by atoms with Crippen LogP contribution in [0.15, 0.2) is 45.9 Å². The maximum absolute atomic E-state index is 12.8. The number of halogens is 1. The topological polar surface area (TPSA) is 59.8 Å². The summed E-state index contributed by atoms with van der Waals surface area (Å²) >= 11 is 5.94. The van der Waals surface area contributed by atoms with E-state index in [-0.39, 0.29) is 10.8 Å². The zero-order valence-electron chi connectivity index (χ0n) is 12.0. The summed E-state index contributed by atoms with van der Waals surface area (Å²) in [4.78, 5) is 0.0996. The highest BCUT2D eigenvalue weighted by atomic mass is 35.5. The molecule has 1 aromatic heterocycles. The number of sulfonamides is 1. The molecule has 1 fully saturated rings. The number of benzene rings is 1. The molecule has 1 atom stereocenters. The molecule has 1 aliphatic heterocycles. The van der Waals surface area contributed by atoms with Gasteiger partial charge in [-0.2, -0.15) is 4.31 Å². The van der Waals surface area contributed by atoms with Gasteiger partial charge < -0.3 is 9.15 Å². The van der Waals surface area contributed by atoms with Crippen LogP contribution in [-0.4, -0.2) is 32.9 Å². The molecule has 7 heteroatoms. The van der Waals surface area contributed by atoms with Crippen molar-refractivity contribution in [3.63, 3.8) is 0 Å². The molecule has 0 bridgehead atoms. The summed E-state index contributed by atoms with van der Waals surface area (Å²) in [6.07, 6.45) is 2.34. The fourth-order valence-electron chi connectivity index (χ4n) is 2.69. The Morgan fingerprint density at radius 2 is 2.18 bits per heavy atom. The van der Waals surface area contributed by atoms with Crippen LogP contribution in [0.3, 0.4) is 0 Å². The van der Waals surface area contributed by atoms with Gasteiger partial charge in [0.1, 0.15) is 16.4 Å². The second-order valence-corrected chi connectivity index (χ2v) is 7.50. The maximum Gasteiger partial charge on any atom is 0.246 e. The van der Waals surface area contributed by atoms with Gasteiger partial charge in [-0.15, -0.1) is 0 Å². The van der Waals surface area contributed by atoms with Crippen molar-refractivity contribution < 1.29 is 17.6 Å². The van der Waals surface area contributed by atoms with Gasteiger partial charge in [-0.3, -0.25) is 0 Å². The molecule has 1 aromatic carbocycles. The third-order valence-electron chi connectivity index (χ3n) is 3.84. The van der Waals surface area contributed by atoms with Crippen molar-refractivity contribution in [2.45, 2.75) is 17.2 Å². The average molecular weight is 342 g/mol. The molecule has 3 rings (SSSR count). The van der Waals surface area contributed by atoms with Gasteiger partial charge in [0.25, 0.3) is 0 Å². The molecular formula is C15H16ClNO4S. The summed E-state index contributed by atoms with van der Waals surface area (Å²) in [6.45, 7) is 0.842. The summed E-state index contributed by atoms with van der Waals surface area (Å²) < 4.78 is 37.7. The minimum atomic E-state index is -3.65. The summed E-state index contributed by atoms with van der Waals surface area (Å²) in [5.41, 5.74) is 0. The molecule has 2 aromatic rings. The number of hydrogen-bond acceptors (Lipinski definition) is 4. The molecule has 118 valence electrons. The highest BCUT2D eigenvalue weighted by molar-refractivity contribution is 7.89. The van der Waals surface area contributed by atoms with Crippen molar-refractivity contribution in [2.75, 3.05) is 20.2 Å². The smallest absolute Gasteiger partial charge is 0.246 e. The monoisotopic (exact) mass is 341 g/mol. The van der Waals surface area contributed by atoms with Crippen molar-refractivity contribution in [1.29, 1.82) is 0 Å². The van der Waals surface area contributed by atoms with E-state index in [1.165, 1.54) is 17.5 Å². The van der Waals surface area contributed by atoms with Crippen LogP contribution in [0.4, 0.5) is 0 Å². The molecule has 2 heterocycles. The molecule has 0 aliphatic carbocycles. The zero-order chi connectivity index (χ0) is 15.7. The summed E-state index contributed by atoms with van der Waals surface area (Å²) in [6, 6.07) is 8.29. The lowest BCUT2D eigenvalue weighted by molar-refractivity contribution is 0.397. The van der Waals surface area contributed by atoms with Crippen LogP contribution in [0.5, 0.6) is 5.75 Å². The lowest BCUT2D eigenvalue weighted by atomic mass is 10.1. The second-order valence-electron chi connectivity index (χ2n) is 5.16. The van der Waals surface area contributed by atoms with Gasteiger partial charge >= 0.3 is 0 Å².